The number of amides is 1. The summed E-state index contributed by atoms with van der Waals surface area (Å²) in [5.41, 5.74) is 1.20. The summed E-state index contributed by atoms with van der Waals surface area (Å²) in [4.78, 5) is 12.8. The lowest BCUT2D eigenvalue weighted by molar-refractivity contribution is -0.119. The SMILES string of the molecule is COCC(C)NC(=O)CSc1ccccc1C. The molecule has 0 aliphatic carbocycles. The van der Waals surface area contributed by atoms with Crippen molar-refractivity contribution in [2.24, 2.45) is 0 Å². The highest BCUT2D eigenvalue weighted by Crippen LogP contribution is 2.21. The van der Waals surface area contributed by atoms with Crippen LogP contribution in [0.1, 0.15) is 12.5 Å². The molecule has 1 aromatic rings. The number of ether oxygens (including phenoxy) is 1. The van der Waals surface area contributed by atoms with Crippen molar-refractivity contribution in [3.05, 3.63) is 29.8 Å². The molecular formula is C13H19NO2S. The van der Waals surface area contributed by atoms with Crippen molar-refractivity contribution in [2.75, 3.05) is 19.5 Å². The maximum Gasteiger partial charge on any atom is 0.230 e. The van der Waals surface area contributed by atoms with Crippen LogP contribution in [0.25, 0.3) is 0 Å². The quantitative estimate of drug-likeness (QED) is 0.790. The van der Waals surface area contributed by atoms with Crippen molar-refractivity contribution in [3.63, 3.8) is 0 Å². The zero-order valence-electron chi connectivity index (χ0n) is 10.5. The van der Waals surface area contributed by atoms with Crippen LogP contribution in [-0.4, -0.2) is 31.4 Å². The number of benzene rings is 1. The van der Waals surface area contributed by atoms with E-state index in [2.05, 4.69) is 5.32 Å². The molecule has 1 N–H and O–H groups in total. The summed E-state index contributed by atoms with van der Waals surface area (Å²) < 4.78 is 4.96. The number of carbonyl (C=O) groups excluding carboxylic acids is 1. The molecule has 0 fully saturated rings. The molecule has 0 bridgehead atoms. The molecule has 17 heavy (non-hydrogen) atoms. The van der Waals surface area contributed by atoms with Crippen LogP contribution in [-0.2, 0) is 9.53 Å². The van der Waals surface area contributed by atoms with Gasteiger partial charge < -0.3 is 10.1 Å². The predicted octanol–water partition coefficient (Wildman–Crippen LogP) is 2.24. The van der Waals surface area contributed by atoms with E-state index in [9.17, 15) is 4.79 Å². The monoisotopic (exact) mass is 253 g/mol. The van der Waals surface area contributed by atoms with Crippen LogP contribution in [0.2, 0.25) is 0 Å². The molecule has 0 spiro atoms. The van der Waals surface area contributed by atoms with Gasteiger partial charge >= 0.3 is 0 Å². The Morgan fingerprint density at radius 3 is 2.82 bits per heavy atom. The number of hydrogen-bond donors (Lipinski definition) is 1. The zero-order chi connectivity index (χ0) is 12.7. The molecule has 0 aromatic heterocycles. The van der Waals surface area contributed by atoms with Crippen LogP contribution in [0.5, 0.6) is 0 Å². The standard InChI is InChI=1S/C13H19NO2S/c1-10-6-4-5-7-12(10)17-9-13(15)14-11(2)8-16-3/h4-7,11H,8-9H2,1-3H3,(H,14,15). The van der Waals surface area contributed by atoms with Gasteiger partial charge in [0.15, 0.2) is 0 Å². The van der Waals surface area contributed by atoms with Crippen molar-refractivity contribution in [2.45, 2.75) is 24.8 Å². The number of nitrogens with one attached hydrogen (secondary N) is 1. The Hall–Kier alpha value is -1.00. The second-order valence-corrected chi connectivity index (χ2v) is 5.00. The first-order valence-corrected chi connectivity index (χ1v) is 6.58. The van der Waals surface area contributed by atoms with Gasteiger partial charge in [0.25, 0.3) is 0 Å². The molecule has 94 valence electrons. The van der Waals surface area contributed by atoms with Crippen molar-refractivity contribution >= 4 is 17.7 Å². The Morgan fingerprint density at radius 1 is 1.47 bits per heavy atom. The molecule has 1 atom stereocenters. The molecule has 0 saturated heterocycles. The normalized spacial score (nSPS) is 12.2. The number of rotatable bonds is 6. The molecule has 1 unspecified atom stereocenters. The molecule has 0 heterocycles. The lowest BCUT2D eigenvalue weighted by Gasteiger charge is -2.12. The molecule has 1 rings (SSSR count). The van der Waals surface area contributed by atoms with Crippen molar-refractivity contribution in [1.82, 2.24) is 5.32 Å². The van der Waals surface area contributed by atoms with E-state index in [0.717, 1.165) is 4.90 Å². The summed E-state index contributed by atoms with van der Waals surface area (Å²) in [6, 6.07) is 8.13. The van der Waals surface area contributed by atoms with E-state index in [1.807, 2.05) is 38.1 Å². The third-order valence-corrected chi connectivity index (χ3v) is 3.45. The third kappa shape index (κ3) is 5.24. The van der Waals surface area contributed by atoms with E-state index in [1.54, 1.807) is 18.9 Å². The van der Waals surface area contributed by atoms with Gasteiger partial charge in [-0.15, -0.1) is 11.8 Å². The molecule has 0 aliphatic heterocycles. The summed E-state index contributed by atoms with van der Waals surface area (Å²) in [6.07, 6.45) is 0. The minimum Gasteiger partial charge on any atom is -0.383 e. The molecule has 0 aliphatic rings. The Bertz CT molecular complexity index is 368. The molecular weight excluding hydrogens is 234 g/mol. The number of thioether (sulfide) groups is 1. The Kier molecular flexibility index (Phi) is 6.08. The zero-order valence-corrected chi connectivity index (χ0v) is 11.3. The molecule has 3 nitrogen and oxygen atoms in total. The Morgan fingerprint density at radius 2 is 2.18 bits per heavy atom. The van der Waals surface area contributed by atoms with Crippen LogP contribution >= 0.6 is 11.8 Å². The lowest BCUT2D eigenvalue weighted by atomic mass is 10.2. The first-order valence-electron chi connectivity index (χ1n) is 5.60. The van der Waals surface area contributed by atoms with Gasteiger partial charge in [-0.05, 0) is 25.5 Å². The van der Waals surface area contributed by atoms with Gasteiger partial charge in [0.2, 0.25) is 5.91 Å². The van der Waals surface area contributed by atoms with Gasteiger partial charge in [0, 0.05) is 18.0 Å². The summed E-state index contributed by atoms with van der Waals surface area (Å²) in [5.74, 6) is 0.488. The molecule has 4 heteroatoms. The van der Waals surface area contributed by atoms with Crippen LogP contribution < -0.4 is 5.32 Å². The largest absolute Gasteiger partial charge is 0.383 e. The fraction of sp³-hybridized carbons (Fsp3) is 0.462. The smallest absolute Gasteiger partial charge is 0.230 e. The predicted molar refractivity (Wildman–Crippen MR) is 71.4 cm³/mol. The van der Waals surface area contributed by atoms with E-state index < -0.39 is 0 Å². The molecule has 1 amide bonds. The number of aryl methyl sites for hydroxylation is 1. The topological polar surface area (TPSA) is 38.3 Å². The minimum atomic E-state index is 0.0443. The fourth-order valence-corrected chi connectivity index (χ4v) is 2.31. The molecule has 0 radical (unpaired) electrons. The van der Waals surface area contributed by atoms with Gasteiger partial charge in [0.05, 0.1) is 12.4 Å². The second kappa shape index (κ2) is 7.35. The van der Waals surface area contributed by atoms with Gasteiger partial charge in [0.1, 0.15) is 0 Å². The van der Waals surface area contributed by atoms with E-state index >= 15 is 0 Å². The second-order valence-electron chi connectivity index (χ2n) is 3.98. The van der Waals surface area contributed by atoms with Gasteiger partial charge in [-0.2, -0.15) is 0 Å². The maximum absolute atomic E-state index is 11.6. The van der Waals surface area contributed by atoms with Crippen LogP contribution in [0.4, 0.5) is 0 Å². The minimum absolute atomic E-state index is 0.0443. The molecule has 0 saturated carbocycles. The fourth-order valence-electron chi connectivity index (χ4n) is 1.47. The van der Waals surface area contributed by atoms with E-state index in [0.29, 0.717) is 12.4 Å². The van der Waals surface area contributed by atoms with E-state index in [1.165, 1.54) is 5.56 Å². The van der Waals surface area contributed by atoms with Crippen LogP contribution in [0.3, 0.4) is 0 Å². The third-order valence-electron chi connectivity index (χ3n) is 2.28. The first kappa shape index (κ1) is 14.1. The maximum atomic E-state index is 11.6. The number of methoxy groups -OCH3 is 1. The summed E-state index contributed by atoms with van der Waals surface area (Å²) in [7, 11) is 1.63. The Balaban J connectivity index is 2.36. The van der Waals surface area contributed by atoms with Crippen LogP contribution in [0.15, 0.2) is 29.2 Å². The average Bonchev–Trinajstić information content (AvgIpc) is 2.28. The first-order chi connectivity index (χ1) is 8.13. The highest BCUT2D eigenvalue weighted by Gasteiger charge is 2.08. The number of carbonyl (C=O) groups is 1. The van der Waals surface area contributed by atoms with E-state index in [4.69, 9.17) is 4.74 Å². The highest BCUT2D eigenvalue weighted by atomic mass is 32.2. The lowest BCUT2D eigenvalue weighted by Crippen LogP contribution is -2.36. The van der Waals surface area contributed by atoms with Crippen molar-refractivity contribution in [3.8, 4) is 0 Å². The van der Waals surface area contributed by atoms with Crippen LogP contribution in [0, 0.1) is 6.92 Å². The van der Waals surface area contributed by atoms with Crippen molar-refractivity contribution in [1.29, 1.82) is 0 Å². The van der Waals surface area contributed by atoms with Gasteiger partial charge in [-0.3, -0.25) is 4.79 Å². The van der Waals surface area contributed by atoms with Crippen molar-refractivity contribution < 1.29 is 9.53 Å². The summed E-state index contributed by atoms with van der Waals surface area (Å²) in [5, 5.41) is 2.89. The van der Waals surface area contributed by atoms with Gasteiger partial charge in [-0.25, -0.2) is 0 Å². The molecule has 1 aromatic carbocycles. The summed E-state index contributed by atoms with van der Waals surface area (Å²) in [6.45, 7) is 4.52. The van der Waals surface area contributed by atoms with Gasteiger partial charge in [-0.1, -0.05) is 18.2 Å². The highest BCUT2D eigenvalue weighted by molar-refractivity contribution is 8.00. The average molecular weight is 253 g/mol. The number of hydrogen-bond acceptors (Lipinski definition) is 3. The Labute approximate surface area is 107 Å². The van der Waals surface area contributed by atoms with E-state index in [-0.39, 0.29) is 11.9 Å². The summed E-state index contributed by atoms with van der Waals surface area (Å²) >= 11 is 1.56.